The lowest BCUT2D eigenvalue weighted by Crippen LogP contribution is -2.23. The number of hydrogen-bond acceptors (Lipinski definition) is 2. The first-order valence-corrected chi connectivity index (χ1v) is 7.31. The number of ether oxygens (including phenoxy) is 1. The van der Waals surface area contributed by atoms with Crippen LogP contribution in [0.1, 0.15) is 18.4 Å². The Hall–Kier alpha value is -2.00. The standard InChI is InChI=1S/C17H18ClNO2/c18-16-10-5-4-7-14(16)13-19-17(20)11-6-12-21-15-8-2-1-3-9-15/h1-5,7-10H,6,11-13H2,(H,19,20). The molecule has 1 amide bonds. The molecular weight excluding hydrogens is 286 g/mol. The quantitative estimate of drug-likeness (QED) is 0.790. The number of carbonyl (C=O) groups excluding carboxylic acids is 1. The van der Waals surface area contributed by atoms with E-state index in [1.807, 2.05) is 54.6 Å². The van der Waals surface area contributed by atoms with Crippen LogP contribution in [-0.2, 0) is 11.3 Å². The maximum atomic E-state index is 11.7. The molecule has 3 nitrogen and oxygen atoms in total. The Balaban J connectivity index is 1.63. The predicted molar refractivity (Wildman–Crippen MR) is 84.5 cm³/mol. The number of halogens is 1. The fourth-order valence-electron chi connectivity index (χ4n) is 1.86. The van der Waals surface area contributed by atoms with E-state index in [4.69, 9.17) is 16.3 Å². The number of para-hydroxylation sites is 1. The van der Waals surface area contributed by atoms with Gasteiger partial charge in [0.25, 0.3) is 0 Å². The van der Waals surface area contributed by atoms with Crippen molar-refractivity contribution in [1.29, 1.82) is 0 Å². The van der Waals surface area contributed by atoms with Gasteiger partial charge in [0.2, 0.25) is 5.91 Å². The van der Waals surface area contributed by atoms with Crippen LogP contribution in [0.15, 0.2) is 54.6 Å². The van der Waals surface area contributed by atoms with E-state index in [0.29, 0.717) is 31.0 Å². The summed E-state index contributed by atoms with van der Waals surface area (Å²) in [5, 5.41) is 3.53. The number of benzene rings is 2. The second kappa shape index (κ2) is 8.32. The molecule has 0 fully saturated rings. The molecular formula is C17H18ClNO2. The summed E-state index contributed by atoms with van der Waals surface area (Å²) < 4.78 is 5.54. The highest BCUT2D eigenvalue weighted by Crippen LogP contribution is 2.14. The van der Waals surface area contributed by atoms with Gasteiger partial charge in [-0.2, -0.15) is 0 Å². The molecule has 0 aliphatic carbocycles. The molecule has 0 heterocycles. The van der Waals surface area contributed by atoms with Crippen molar-refractivity contribution < 1.29 is 9.53 Å². The zero-order valence-electron chi connectivity index (χ0n) is 11.7. The zero-order valence-corrected chi connectivity index (χ0v) is 12.5. The van der Waals surface area contributed by atoms with E-state index in [-0.39, 0.29) is 5.91 Å². The van der Waals surface area contributed by atoms with Crippen LogP contribution in [-0.4, -0.2) is 12.5 Å². The third-order valence-electron chi connectivity index (χ3n) is 2.99. The van der Waals surface area contributed by atoms with Crippen LogP contribution >= 0.6 is 11.6 Å². The SMILES string of the molecule is O=C(CCCOc1ccccc1)NCc1ccccc1Cl. The van der Waals surface area contributed by atoms with Gasteiger partial charge in [0.05, 0.1) is 6.61 Å². The molecule has 0 bridgehead atoms. The zero-order chi connectivity index (χ0) is 14.9. The van der Waals surface area contributed by atoms with Crippen LogP contribution in [0.5, 0.6) is 5.75 Å². The first-order chi connectivity index (χ1) is 10.3. The highest BCUT2D eigenvalue weighted by atomic mass is 35.5. The molecule has 2 rings (SSSR count). The minimum absolute atomic E-state index is 0.00609. The van der Waals surface area contributed by atoms with E-state index in [2.05, 4.69) is 5.32 Å². The Morgan fingerprint density at radius 2 is 1.76 bits per heavy atom. The predicted octanol–water partition coefficient (Wildman–Crippen LogP) is 3.82. The molecule has 0 saturated heterocycles. The van der Waals surface area contributed by atoms with Crippen LogP contribution in [0.4, 0.5) is 0 Å². The van der Waals surface area contributed by atoms with Crippen LogP contribution < -0.4 is 10.1 Å². The van der Waals surface area contributed by atoms with Gasteiger partial charge in [-0.15, -0.1) is 0 Å². The van der Waals surface area contributed by atoms with Crippen LogP contribution in [0.2, 0.25) is 5.02 Å². The van der Waals surface area contributed by atoms with E-state index in [1.54, 1.807) is 0 Å². The monoisotopic (exact) mass is 303 g/mol. The lowest BCUT2D eigenvalue weighted by Gasteiger charge is -2.08. The Labute approximate surface area is 129 Å². The second-order valence-electron chi connectivity index (χ2n) is 4.63. The molecule has 110 valence electrons. The van der Waals surface area contributed by atoms with Gasteiger partial charge < -0.3 is 10.1 Å². The fraction of sp³-hybridized carbons (Fsp3) is 0.235. The Kier molecular flexibility index (Phi) is 6.10. The summed E-state index contributed by atoms with van der Waals surface area (Å²) in [7, 11) is 0. The summed E-state index contributed by atoms with van der Waals surface area (Å²) in [5.74, 6) is 0.834. The largest absolute Gasteiger partial charge is 0.494 e. The molecule has 0 aliphatic heterocycles. The Morgan fingerprint density at radius 3 is 2.52 bits per heavy atom. The molecule has 1 N–H and O–H groups in total. The molecule has 0 unspecified atom stereocenters. The summed E-state index contributed by atoms with van der Waals surface area (Å²) >= 11 is 6.03. The molecule has 0 spiro atoms. The Bertz CT molecular complexity index is 572. The molecule has 0 saturated carbocycles. The second-order valence-corrected chi connectivity index (χ2v) is 5.04. The third-order valence-corrected chi connectivity index (χ3v) is 3.36. The first-order valence-electron chi connectivity index (χ1n) is 6.93. The minimum Gasteiger partial charge on any atom is -0.494 e. The molecule has 2 aromatic carbocycles. The van der Waals surface area contributed by atoms with E-state index in [0.717, 1.165) is 11.3 Å². The van der Waals surface area contributed by atoms with Gasteiger partial charge in [-0.1, -0.05) is 48.0 Å². The van der Waals surface area contributed by atoms with E-state index in [1.165, 1.54) is 0 Å². The van der Waals surface area contributed by atoms with Crippen LogP contribution in [0.3, 0.4) is 0 Å². The van der Waals surface area contributed by atoms with E-state index in [9.17, 15) is 4.79 Å². The summed E-state index contributed by atoms with van der Waals surface area (Å²) in [5.41, 5.74) is 0.924. The highest BCUT2D eigenvalue weighted by Gasteiger charge is 2.03. The van der Waals surface area contributed by atoms with Crippen LogP contribution in [0, 0.1) is 0 Å². The number of nitrogens with one attached hydrogen (secondary N) is 1. The lowest BCUT2D eigenvalue weighted by molar-refractivity contribution is -0.121. The van der Waals surface area contributed by atoms with Crippen LogP contribution in [0.25, 0.3) is 0 Å². The topological polar surface area (TPSA) is 38.3 Å². The first kappa shape index (κ1) is 15.4. The van der Waals surface area contributed by atoms with Gasteiger partial charge in [-0.05, 0) is 30.2 Å². The molecule has 0 aromatic heterocycles. The van der Waals surface area contributed by atoms with Crippen molar-refractivity contribution in [3.8, 4) is 5.75 Å². The number of rotatable bonds is 7. The summed E-state index contributed by atoms with van der Waals surface area (Å²) in [4.78, 5) is 11.7. The molecule has 4 heteroatoms. The summed E-state index contributed by atoms with van der Waals surface area (Å²) in [6.45, 7) is 0.988. The average molecular weight is 304 g/mol. The van der Waals surface area contributed by atoms with Gasteiger partial charge in [0, 0.05) is 18.0 Å². The minimum atomic E-state index is 0.00609. The third kappa shape index (κ3) is 5.48. The normalized spacial score (nSPS) is 10.1. The van der Waals surface area contributed by atoms with Gasteiger partial charge in [0.15, 0.2) is 0 Å². The van der Waals surface area contributed by atoms with Gasteiger partial charge in [-0.3, -0.25) is 4.79 Å². The molecule has 0 atom stereocenters. The van der Waals surface area contributed by atoms with Crippen molar-refractivity contribution in [1.82, 2.24) is 5.32 Å². The summed E-state index contributed by atoms with van der Waals surface area (Å²) in [6, 6.07) is 17.1. The van der Waals surface area contributed by atoms with Crippen molar-refractivity contribution >= 4 is 17.5 Å². The van der Waals surface area contributed by atoms with Crippen molar-refractivity contribution in [2.24, 2.45) is 0 Å². The molecule has 21 heavy (non-hydrogen) atoms. The maximum absolute atomic E-state index is 11.7. The van der Waals surface area contributed by atoms with E-state index < -0.39 is 0 Å². The molecule has 0 aliphatic rings. The van der Waals surface area contributed by atoms with Crippen molar-refractivity contribution in [2.75, 3.05) is 6.61 Å². The number of hydrogen-bond donors (Lipinski definition) is 1. The fourth-order valence-corrected chi connectivity index (χ4v) is 2.07. The van der Waals surface area contributed by atoms with Gasteiger partial charge in [0.1, 0.15) is 5.75 Å². The van der Waals surface area contributed by atoms with Crippen molar-refractivity contribution in [2.45, 2.75) is 19.4 Å². The van der Waals surface area contributed by atoms with Gasteiger partial charge in [-0.25, -0.2) is 0 Å². The average Bonchev–Trinajstić information content (AvgIpc) is 2.52. The molecule has 0 radical (unpaired) electrons. The summed E-state index contributed by atoms with van der Waals surface area (Å²) in [6.07, 6.45) is 1.13. The number of carbonyl (C=O) groups is 1. The van der Waals surface area contributed by atoms with E-state index >= 15 is 0 Å². The Morgan fingerprint density at radius 1 is 1.05 bits per heavy atom. The highest BCUT2D eigenvalue weighted by molar-refractivity contribution is 6.31. The lowest BCUT2D eigenvalue weighted by atomic mass is 10.2. The van der Waals surface area contributed by atoms with Gasteiger partial charge >= 0.3 is 0 Å². The van der Waals surface area contributed by atoms with Crippen molar-refractivity contribution in [3.63, 3.8) is 0 Å². The van der Waals surface area contributed by atoms with Crippen molar-refractivity contribution in [3.05, 3.63) is 65.2 Å². The smallest absolute Gasteiger partial charge is 0.220 e. The number of amides is 1. The maximum Gasteiger partial charge on any atom is 0.220 e. The molecule has 2 aromatic rings.